The summed E-state index contributed by atoms with van der Waals surface area (Å²) in [5, 5.41) is 6.62. The molecule has 8 heteroatoms. The van der Waals surface area contributed by atoms with Crippen LogP contribution in [0.15, 0.2) is 122 Å². The Morgan fingerprint density at radius 1 is 0.405 bits per heavy atom. The van der Waals surface area contributed by atoms with E-state index >= 15 is 0 Å². The number of aromatic nitrogens is 8. The van der Waals surface area contributed by atoms with Crippen LogP contribution in [0.5, 0.6) is 0 Å². The fourth-order valence-corrected chi connectivity index (χ4v) is 5.35. The van der Waals surface area contributed by atoms with Crippen LogP contribution in [-0.4, -0.2) is 39.9 Å². The Kier molecular flexibility index (Phi) is 5.60. The lowest BCUT2D eigenvalue weighted by Gasteiger charge is -2.13. The highest BCUT2D eigenvalue weighted by molar-refractivity contribution is 6.23. The number of benzene rings is 4. The van der Waals surface area contributed by atoms with Gasteiger partial charge in [0.25, 0.3) is 0 Å². The molecule has 0 N–H and O–H groups in total. The molecule has 0 amide bonds. The van der Waals surface area contributed by atoms with E-state index in [1.165, 1.54) is 6.33 Å². The molecule has 0 spiro atoms. The molecule has 0 aliphatic rings. The van der Waals surface area contributed by atoms with Crippen LogP contribution in [0.1, 0.15) is 0 Å². The molecular weight excluding hydrogens is 520 g/mol. The molecule has 8 nitrogen and oxygen atoms in total. The number of hydrogen-bond acceptors (Lipinski definition) is 8. The Morgan fingerprint density at radius 3 is 1.71 bits per heavy atom. The normalized spacial score (nSPS) is 11.3. The van der Waals surface area contributed by atoms with Crippen molar-refractivity contribution in [2.75, 3.05) is 0 Å². The summed E-state index contributed by atoms with van der Waals surface area (Å²) in [4.78, 5) is 36.1. The summed E-state index contributed by atoms with van der Waals surface area (Å²) in [6, 6.07) is 32.5. The van der Waals surface area contributed by atoms with Crippen LogP contribution in [-0.2, 0) is 0 Å². The SMILES string of the molecule is c1ccc(-c2ncnc(-c3ccc4ccc5cc(-c6ncnc(-c7ccccn7)n6)c6ccccc6c5c4c3)n2)nc1. The van der Waals surface area contributed by atoms with Gasteiger partial charge in [-0.25, -0.2) is 29.9 Å². The van der Waals surface area contributed by atoms with Crippen LogP contribution in [0.4, 0.5) is 0 Å². The first-order valence-electron chi connectivity index (χ1n) is 13.4. The van der Waals surface area contributed by atoms with Gasteiger partial charge in [0.2, 0.25) is 0 Å². The third-order valence-corrected chi connectivity index (χ3v) is 7.27. The first-order chi connectivity index (χ1) is 20.8. The van der Waals surface area contributed by atoms with Gasteiger partial charge in [-0.3, -0.25) is 9.97 Å². The van der Waals surface area contributed by atoms with Gasteiger partial charge >= 0.3 is 0 Å². The van der Waals surface area contributed by atoms with Crippen molar-refractivity contribution in [3.05, 3.63) is 122 Å². The summed E-state index contributed by atoms with van der Waals surface area (Å²) in [5.74, 6) is 2.27. The van der Waals surface area contributed by atoms with Crippen LogP contribution < -0.4 is 0 Å². The van der Waals surface area contributed by atoms with E-state index in [4.69, 9.17) is 9.97 Å². The van der Waals surface area contributed by atoms with Gasteiger partial charge < -0.3 is 0 Å². The minimum absolute atomic E-state index is 0.537. The van der Waals surface area contributed by atoms with Crippen molar-refractivity contribution in [1.82, 2.24) is 39.9 Å². The third-order valence-electron chi connectivity index (χ3n) is 7.27. The average Bonchev–Trinajstić information content (AvgIpc) is 3.08. The summed E-state index contributed by atoms with van der Waals surface area (Å²) in [6.45, 7) is 0. The van der Waals surface area contributed by atoms with Gasteiger partial charge in [-0.1, -0.05) is 60.7 Å². The van der Waals surface area contributed by atoms with E-state index in [0.717, 1.165) is 43.4 Å². The second kappa shape index (κ2) is 9.87. The van der Waals surface area contributed by atoms with Gasteiger partial charge in [-0.2, -0.15) is 0 Å². The van der Waals surface area contributed by atoms with E-state index < -0.39 is 0 Å². The summed E-state index contributed by atoms with van der Waals surface area (Å²) >= 11 is 0. The average molecular weight is 541 g/mol. The Morgan fingerprint density at radius 2 is 1.00 bits per heavy atom. The number of pyridine rings is 2. The number of hydrogen-bond donors (Lipinski definition) is 0. The summed E-state index contributed by atoms with van der Waals surface area (Å²) in [5.41, 5.74) is 3.25. The number of fused-ring (bicyclic) bond motifs is 5. The number of rotatable bonds is 4. The molecule has 0 atom stereocenters. The quantitative estimate of drug-likeness (QED) is 0.220. The predicted molar refractivity (Wildman–Crippen MR) is 163 cm³/mol. The molecule has 42 heavy (non-hydrogen) atoms. The molecule has 0 aliphatic heterocycles. The fourth-order valence-electron chi connectivity index (χ4n) is 5.35. The van der Waals surface area contributed by atoms with E-state index in [-0.39, 0.29) is 0 Å². The molecule has 0 radical (unpaired) electrons. The molecular formula is C34H20N8. The maximum atomic E-state index is 4.81. The van der Waals surface area contributed by atoms with Crippen molar-refractivity contribution in [1.29, 1.82) is 0 Å². The molecule has 0 unspecified atom stereocenters. The standard InChI is InChI=1S/C34H20N8/c1-2-8-25-24(7-1)27(32-38-20-40-34(42-32)29-10-4-6-16-36-29)17-22-13-11-21-12-14-23(18-26(21)30(22)25)31-37-19-39-33(41-31)28-9-3-5-15-35-28/h1-20H. The van der Waals surface area contributed by atoms with Gasteiger partial charge in [0.05, 0.1) is 0 Å². The molecule has 4 aromatic heterocycles. The Bertz CT molecular complexity index is 2250. The lowest BCUT2D eigenvalue weighted by molar-refractivity contribution is 1.05. The van der Waals surface area contributed by atoms with Crippen LogP contribution in [0.2, 0.25) is 0 Å². The first kappa shape index (κ1) is 23.8. The highest BCUT2D eigenvalue weighted by Gasteiger charge is 2.15. The topological polar surface area (TPSA) is 103 Å². The Hall–Kier alpha value is -6.02. The predicted octanol–water partition coefficient (Wildman–Crippen LogP) is 6.97. The highest BCUT2D eigenvalue weighted by atomic mass is 15.0. The zero-order valence-corrected chi connectivity index (χ0v) is 22.1. The van der Waals surface area contributed by atoms with Crippen LogP contribution >= 0.6 is 0 Å². The second-order valence-electron chi connectivity index (χ2n) is 9.76. The summed E-state index contributed by atoms with van der Waals surface area (Å²) < 4.78 is 0. The Labute approximate surface area is 239 Å². The molecule has 8 aromatic rings. The van der Waals surface area contributed by atoms with Crippen molar-refractivity contribution in [2.24, 2.45) is 0 Å². The zero-order chi connectivity index (χ0) is 27.9. The van der Waals surface area contributed by atoms with Gasteiger partial charge in [-0.15, -0.1) is 0 Å². The van der Waals surface area contributed by atoms with Crippen molar-refractivity contribution < 1.29 is 0 Å². The van der Waals surface area contributed by atoms with Crippen LogP contribution in [0.25, 0.3) is 78.1 Å². The number of nitrogens with zero attached hydrogens (tertiary/aromatic N) is 8. The summed E-state index contributed by atoms with van der Waals surface area (Å²) in [6.07, 6.45) is 6.55. The minimum Gasteiger partial charge on any atom is -0.253 e. The lowest BCUT2D eigenvalue weighted by Crippen LogP contribution is -1.97. The smallest absolute Gasteiger partial charge is 0.181 e. The van der Waals surface area contributed by atoms with E-state index in [1.54, 1.807) is 18.7 Å². The van der Waals surface area contributed by atoms with Crippen molar-refractivity contribution in [3.63, 3.8) is 0 Å². The molecule has 8 rings (SSSR count). The van der Waals surface area contributed by atoms with Crippen LogP contribution in [0, 0.1) is 0 Å². The van der Waals surface area contributed by atoms with E-state index in [0.29, 0.717) is 34.7 Å². The van der Waals surface area contributed by atoms with Crippen LogP contribution in [0.3, 0.4) is 0 Å². The van der Waals surface area contributed by atoms with Gasteiger partial charge in [0, 0.05) is 23.5 Å². The maximum Gasteiger partial charge on any atom is 0.181 e. The lowest BCUT2D eigenvalue weighted by atomic mass is 9.92. The van der Waals surface area contributed by atoms with Crippen molar-refractivity contribution in [3.8, 4) is 45.8 Å². The van der Waals surface area contributed by atoms with Gasteiger partial charge in [0.1, 0.15) is 24.0 Å². The van der Waals surface area contributed by atoms with Crippen molar-refractivity contribution >= 4 is 32.3 Å². The molecule has 0 saturated heterocycles. The minimum atomic E-state index is 0.537. The fraction of sp³-hybridized carbons (Fsp3) is 0. The van der Waals surface area contributed by atoms with Crippen molar-refractivity contribution in [2.45, 2.75) is 0 Å². The maximum absolute atomic E-state index is 4.81. The second-order valence-corrected chi connectivity index (χ2v) is 9.76. The zero-order valence-electron chi connectivity index (χ0n) is 22.1. The molecule has 196 valence electrons. The molecule has 0 saturated carbocycles. The molecule has 4 heterocycles. The first-order valence-corrected chi connectivity index (χ1v) is 13.4. The molecule has 4 aromatic carbocycles. The third kappa shape index (κ3) is 4.10. The largest absolute Gasteiger partial charge is 0.253 e. The van der Waals surface area contributed by atoms with Gasteiger partial charge in [0.15, 0.2) is 23.3 Å². The monoisotopic (exact) mass is 540 g/mol. The molecule has 0 bridgehead atoms. The van der Waals surface area contributed by atoms with Gasteiger partial charge in [-0.05, 0) is 68.7 Å². The van der Waals surface area contributed by atoms with E-state index in [2.05, 4.69) is 78.4 Å². The summed E-state index contributed by atoms with van der Waals surface area (Å²) in [7, 11) is 0. The highest BCUT2D eigenvalue weighted by Crippen LogP contribution is 2.38. The van der Waals surface area contributed by atoms with E-state index in [9.17, 15) is 0 Å². The Balaban J connectivity index is 1.32. The molecule has 0 fully saturated rings. The molecule has 0 aliphatic carbocycles. The van der Waals surface area contributed by atoms with E-state index in [1.807, 2.05) is 48.5 Å².